The Morgan fingerprint density at radius 2 is 1.88 bits per heavy atom. The smallest absolute Gasteiger partial charge is 0.0700 e. The Hall–Kier alpha value is -0.120. The second-order valence-corrected chi connectivity index (χ2v) is 4.81. The lowest BCUT2D eigenvalue weighted by atomic mass is 9.91. The minimum atomic E-state index is 0.432. The molecule has 0 heterocycles. The summed E-state index contributed by atoms with van der Waals surface area (Å²) in [5, 5.41) is 0. The first-order valence-corrected chi connectivity index (χ1v) is 6.67. The van der Waals surface area contributed by atoms with Gasteiger partial charge in [-0.25, -0.2) is 0 Å². The van der Waals surface area contributed by atoms with E-state index in [4.69, 9.17) is 15.2 Å². The second kappa shape index (κ2) is 8.97. The summed E-state index contributed by atoms with van der Waals surface area (Å²) in [5.41, 5.74) is 6.18. The fourth-order valence-corrected chi connectivity index (χ4v) is 2.46. The van der Waals surface area contributed by atoms with Gasteiger partial charge in [-0.05, 0) is 31.6 Å². The Balaban J connectivity index is 2.01. The van der Waals surface area contributed by atoms with Crippen LogP contribution in [0.25, 0.3) is 0 Å². The van der Waals surface area contributed by atoms with Gasteiger partial charge in [-0.2, -0.15) is 0 Å². The molecule has 2 N–H and O–H groups in total. The van der Waals surface area contributed by atoms with Gasteiger partial charge in [-0.3, -0.25) is 0 Å². The van der Waals surface area contributed by atoms with Crippen LogP contribution in [0.1, 0.15) is 44.9 Å². The van der Waals surface area contributed by atoms with Crippen LogP contribution in [0.4, 0.5) is 0 Å². The van der Waals surface area contributed by atoms with Gasteiger partial charge >= 0.3 is 0 Å². The lowest BCUT2D eigenvalue weighted by Crippen LogP contribution is -2.29. The zero-order valence-corrected chi connectivity index (χ0v) is 10.6. The molecule has 0 amide bonds. The summed E-state index contributed by atoms with van der Waals surface area (Å²) in [4.78, 5) is 0. The zero-order valence-electron chi connectivity index (χ0n) is 10.6. The lowest BCUT2D eigenvalue weighted by molar-refractivity contribution is 0.0666. The number of ether oxygens (including phenoxy) is 2. The molecule has 0 aromatic carbocycles. The molecule has 0 bridgehead atoms. The van der Waals surface area contributed by atoms with Crippen molar-refractivity contribution in [3.63, 3.8) is 0 Å². The highest BCUT2D eigenvalue weighted by Gasteiger charge is 2.19. The zero-order chi connectivity index (χ0) is 11.6. The summed E-state index contributed by atoms with van der Waals surface area (Å²) in [6, 6.07) is 0.432. The maximum absolute atomic E-state index is 6.18. The first-order chi connectivity index (χ1) is 7.84. The van der Waals surface area contributed by atoms with Crippen molar-refractivity contribution in [1.82, 2.24) is 0 Å². The molecule has 0 aliphatic heterocycles. The summed E-state index contributed by atoms with van der Waals surface area (Å²) in [5.74, 6) is 0.730. The highest BCUT2D eigenvalue weighted by Crippen LogP contribution is 2.25. The molecule has 0 spiro atoms. The third-order valence-corrected chi connectivity index (χ3v) is 3.51. The summed E-state index contributed by atoms with van der Waals surface area (Å²) in [7, 11) is 1.70. The van der Waals surface area contributed by atoms with Crippen LogP contribution in [0.15, 0.2) is 0 Å². The van der Waals surface area contributed by atoms with Crippen LogP contribution in [0.2, 0.25) is 0 Å². The predicted octanol–water partition coefficient (Wildman–Crippen LogP) is 2.34. The first kappa shape index (κ1) is 13.9. The van der Waals surface area contributed by atoms with Gasteiger partial charge in [0.15, 0.2) is 0 Å². The molecule has 0 aromatic rings. The van der Waals surface area contributed by atoms with Crippen LogP contribution in [-0.2, 0) is 9.47 Å². The van der Waals surface area contributed by atoms with Gasteiger partial charge in [0.25, 0.3) is 0 Å². The van der Waals surface area contributed by atoms with E-state index in [2.05, 4.69) is 0 Å². The number of methoxy groups -OCH3 is 1. The number of nitrogens with two attached hydrogens (primary N) is 1. The topological polar surface area (TPSA) is 44.5 Å². The van der Waals surface area contributed by atoms with Crippen molar-refractivity contribution in [2.75, 3.05) is 26.9 Å². The van der Waals surface area contributed by atoms with Crippen LogP contribution in [-0.4, -0.2) is 33.0 Å². The Bertz CT molecular complexity index is 164. The molecule has 1 rings (SSSR count). The van der Waals surface area contributed by atoms with E-state index in [-0.39, 0.29) is 0 Å². The Morgan fingerprint density at radius 3 is 2.69 bits per heavy atom. The first-order valence-electron chi connectivity index (χ1n) is 6.67. The van der Waals surface area contributed by atoms with E-state index in [9.17, 15) is 0 Å². The molecule has 3 heteroatoms. The highest BCUT2D eigenvalue weighted by atomic mass is 16.5. The van der Waals surface area contributed by atoms with Gasteiger partial charge in [0.1, 0.15) is 0 Å². The average Bonchev–Trinajstić information content (AvgIpc) is 2.49. The van der Waals surface area contributed by atoms with Gasteiger partial charge < -0.3 is 15.2 Å². The molecule has 1 aliphatic rings. The van der Waals surface area contributed by atoms with E-state index in [1.165, 1.54) is 38.5 Å². The van der Waals surface area contributed by atoms with Gasteiger partial charge in [-0.15, -0.1) is 0 Å². The fraction of sp³-hybridized carbons (Fsp3) is 1.00. The van der Waals surface area contributed by atoms with Gasteiger partial charge in [0.05, 0.1) is 13.2 Å². The molecule has 2 unspecified atom stereocenters. The van der Waals surface area contributed by atoms with E-state index in [1.807, 2.05) is 0 Å². The minimum Gasteiger partial charge on any atom is -0.382 e. The molecule has 2 atom stereocenters. The van der Waals surface area contributed by atoms with Gasteiger partial charge in [-0.1, -0.05) is 19.3 Å². The molecule has 1 aliphatic carbocycles. The molecule has 3 nitrogen and oxygen atoms in total. The molecule has 1 saturated carbocycles. The lowest BCUT2D eigenvalue weighted by Gasteiger charge is -2.21. The van der Waals surface area contributed by atoms with Gasteiger partial charge in [0, 0.05) is 19.8 Å². The fourth-order valence-electron chi connectivity index (χ4n) is 2.46. The minimum absolute atomic E-state index is 0.432. The van der Waals surface area contributed by atoms with Crippen molar-refractivity contribution in [2.24, 2.45) is 11.7 Å². The third kappa shape index (κ3) is 5.83. The molecular formula is C13H27NO2. The molecular weight excluding hydrogens is 202 g/mol. The third-order valence-electron chi connectivity index (χ3n) is 3.51. The van der Waals surface area contributed by atoms with Crippen molar-refractivity contribution in [3.8, 4) is 0 Å². The summed E-state index contributed by atoms with van der Waals surface area (Å²) in [6.45, 7) is 2.27. The normalized spacial score (nSPS) is 26.6. The number of hydrogen-bond donors (Lipinski definition) is 1. The Kier molecular flexibility index (Phi) is 7.81. The quantitative estimate of drug-likeness (QED) is 0.538. The van der Waals surface area contributed by atoms with Crippen molar-refractivity contribution in [3.05, 3.63) is 0 Å². The van der Waals surface area contributed by atoms with Gasteiger partial charge in [0.2, 0.25) is 0 Å². The SMILES string of the molecule is COCCOCCCC1CCCCCC1N. The van der Waals surface area contributed by atoms with E-state index in [0.29, 0.717) is 19.3 Å². The van der Waals surface area contributed by atoms with Crippen LogP contribution < -0.4 is 5.73 Å². The highest BCUT2D eigenvalue weighted by molar-refractivity contribution is 4.76. The van der Waals surface area contributed by atoms with Crippen LogP contribution in [0.3, 0.4) is 0 Å². The van der Waals surface area contributed by atoms with E-state index in [0.717, 1.165) is 18.9 Å². The molecule has 16 heavy (non-hydrogen) atoms. The Morgan fingerprint density at radius 1 is 1.06 bits per heavy atom. The average molecular weight is 229 g/mol. The van der Waals surface area contributed by atoms with Crippen LogP contribution in [0.5, 0.6) is 0 Å². The summed E-state index contributed by atoms with van der Waals surface area (Å²) < 4.78 is 10.4. The summed E-state index contributed by atoms with van der Waals surface area (Å²) >= 11 is 0. The molecule has 0 radical (unpaired) electrons. The van der Waals surface area contributed by atoms with Crippen molar-refractivity contribution < 1.29 is 9.47 Å². The molecule has 1 fully saturated rings. The predicted molar refractivity (Wildman–Crippen MR) is 66.5 cm³/mol. The maximum Gasteiger partial charge on any atom is 0.0700 e. The van der Waals surface area contributed by atoms with Crippen molar-refractivity contribution >= 4 is 0 Å². The summed E-state index contributed by atoms with van der Waals surface area (Å²) in [6.07, 6.45) is 8.96. The van der Waals surface area contributed by atoms with E-state index >= 15 is 0 Å². The number of rotatable bonds is 7. The molecule has 0 aromatic heterocycles. The van der Waals surface area contributed by atoms with E-state index in [1.54, 1.807) is 7.11 Å². The standard InChI is InChI=1S/C13H27NO2/c1-15-10-11-16-9-5-7-12-6-3-2-4-8-13(12)14/h12-13H,2-11,14H2,1H3. The van der Waals surface area contributed by atoms with Crippen LogP contribution >= 0.6 is 0 Å². The van der Waals surface area contributed by atoms with Crippen LogP contribution in [0, 0.1) is 5.92 Å². The van der Waals surface area contributed by atoms with E-state index < -0.39 is 0 Å². The molecule has 0 saturated heterocycles. The largest absolute Gasteiger partial charge is 0.382 e. The monoisotopic (exact) mass is 229 g/mol. The van der Waals surface area contributed by atoms with Crippen molar-refractivity contribution in [1.29, 1.82) is 0 Å². The van der Waals surface area contributed by atoms with Crippen molar-refractivity contribution in [2.45, 2.75) is 51.0 Å². The molecule has 96 valence electrons. The second-order valence-electron chi connectivity index (χ2n) is 4.81. The maximum atomic E-state index is 6.18. The number of hydrogen-bond acceptors (Lipinski definition) is 3. The Labute approximate surface area is 99.7 Å².